The van der Waals surface area contributed by atoms with Gasteiger partial charge >= 0.3 is 22.4 Å². The number of sulfonamides is 1. The van der Waals surface area contributed by atoms with E-state index in [4.69, 9.17) is 28.8 Å². The normalized spacial score (nSPS) is 12.1. The van der Waals surface area contributed by atoms with Crippen LogP contribution in [0.3, 0.4) is 0 Å². The number of nitrogens with one attached hydrogen (secondary N) is 1. The van der Waals surface area contributed by atoms with Gasteiger partial charge in [0.25, 0.3) is 0 Å². The zero-order chi connectivity index (χ0) is 28.8. The molecule has 14 heteroatoms. The minimum absolute atomic E-state index is 0.0472. The number of rotatable bonds is 7. The highest BCUT2D eigenvalue weighted by molar-refractivity contribution is 7.88. The molecule has 0 heterocycles. The summed E-state index contributed by atoms with van der Waals surface area (Å²) in [6.07, 6.45) is 10.2. The quantitative estimate of drug-likeness (QED) is 0.296. The standard InChI is InChI=1S/C12H13NO4S.C8H5F2NOS.C3H7NO2/c1-3-10-4-6-11(7-5-10)8-18(16,17)13-9(2)12(14)15;1-2-7-3-5-8(6-4-7)11-13(9,10)12;1-2(4)3(5)6/h1,4-7,9,13H,8H2,2H3,(H,14,15);1,3-6H;2H,4H2,1H3,(H,5,6)/t9-;;2-/m0.0/s1. The second kappa shape index (κ2) is 15.3. The van der Waals surface area contributed by atoms with Gasteiger partial charge in [-0.1, -0.05) is 31.7 Å². The molecule has 0 aliphatic rings. The average molecular weight is 558 g/mol. The van der Waals surface area contributed by atoms with Crippen molar-refractivity contribution in [2.45, 2.75) is 31.7 Å². The molecule has 0 saturated heterocycles. The number of hydrogen-bond acceptors (Lipinski definition) is 7. The van der Waals surface area contributed by atoms with Crippen molar-refractivity contribution in [3.63, 3.8) is 0 Å². The van der Waals surface area contributed by atoms with Crippen LogP contribution in [0.5, 0.6) is 0 Å². The van der Waals surface area contributed by atoms with Gasteiger partial charge in [0.1, 0.15) is 12.1 Å². The monoisotopic (exact) mass is 557 g/mol. The van der Waals surface area contributed by atoms with Crippen LogP contribution in [-0.4, -0.2) is 46.9 Å². The molecule has 200 valence electrons. The first-order valence-corrected chi connectivity index (χ1v) is 13.0. The maximum Gasteiger partial charge on any atom is 0.371 e. The first-order chi connectivity index (χ1) is 17.0. The minimum atomic E-state index is -5.07. The van der Waals surface area contributed by atoms with Crippen LogP contribution < -0.4 is 10.5 Å². The molecular weight excluding hydrogens is 532 g/mol. The summed E-state index contributed by atoms with van der Waals surface area (Å²) in [6.45, 7) is 2.68. The van der Waals surface area contributed by atoms with Crippen molar-refractivity contribution >= 4 is 38.2 Å². The van der Waals surface area contributed by atoms with Crippen LogP contribution in [0.2, 0.25) is 0 Å². The molecule has 0 aromatic heterocycles. The third-order valence-electron chi connectivity index (χ3n) is 3.84. The summed E-state index contributed by atoms with van der Waals surface area (Å²) in [5.74, 6) is 2.27. The van der Waals surface area contributed by atoms with E-state index in [1.54, 1.807) is 24.3 Å². The molecule has 10 nitrogen and oxygen atoms in total. The highest BCUT2D eigenvalue weighted by atomic mass is 32.3. The molecule has 0 aliphatic carbocycles. The summed E-state index contributed by atoms with van der Waals surface area (Å²) in [4.78, 5) is 20.1. The van der Waals surface area contributed by atoms with Crippen molar-refractivity contribution < 1.29 is 40.2 Å². The lowest BCUT2D eigenvalue weighted by atomic mass is 10.2. The number of halogens is 2. The Bertz CT molecular complexity index is 1360. The van der Waals surface area contributed by atoms with Crippen molar-refractivity contribution in [3.8, 4) is 24.7 Å². The summed E-state index contributed by atoms with van der Waals surface area (Å²) < 4.78 is 61.9. The van der Waals surface area contributed by atoms with E-state index in [-0.39, 0.29) is 11.4 Å². The van der Waals surface area contributed by atoms with Crippen LogP contribution in [0.25, 0.3) is 0 Å². The van der Waals surface area contributed by atoms with E-state index in [9.17, 15) is 30.0 Å². The fourth-order valence-corrected chi connectivity index (χ4v) is 3.74. The third-order valence-corrected chi connectivity index (χ3v) is 5.69. The van der Waals surface area contributed by atoms with Gasteiger partial charge in [-0.25, -0.2) is 13.1 Å². The van der Waals surface area contributed by atoms with E-state index in [0.717, 1.165) is 0 Å². The molecule has 0 saturated carbocycles. The number of nitrogens with two attached hydrogens (primary N) is 1. The Morgan fingerprint density at radius 1 is 0.946 bits per heavy atom. The largest absolute Gasteiger partial charge is 0.480 e. The number of carbonyl (C=O) groups is 2. The first kappa shape index (κ1) is 33.2. The van der Waals surface area contributed by atoms with E-state index >= 15 is 0 Å². The zero-order valence-electron chi connectivity index (χ0n) is 19.7. The maximum absolute atomic E-state index is 11.9. The van der Waals surface area contributed by atoms with Gasteiger partial charge in [-0.3, -0.25) is 9.59 Å². The van der Waals surface area contributed by atoms with Gasteiger partial charge in [0.2, 0.25) is 10.0 Å². The fourth-order valence-electron chi connectivity index (χ4n) is 2.02. The lowest BCUT2D eigenvalue weighted by Crippen LogP contribution is -2.38. The summed E-state index contributed by atoms with van der Waals surface area (Å²) in [6, 6.07) is 10.0. The lowest BCUT2D eigenvalue weighted by molar-refractivity contribution is -0.139. The van der Waals surface area contributed by atoms with Crippen LogP contribution in [0, 0.1) is 24.7 Å². The van der Waals surface area contributed by atoms with Crippen LogP contribution >= 0.6 is 0 Å². The van der Waals surface area contributed by atoms with Crippen LogP contribution in [0.1, 0.15) is 30.5 Å². The Labute approximate surface area is 214 Å². The smallest absolute Gasteiger partial charge is 0.371 e. The second-order valence-electron chi connectivity index (χ2n) is 7.08. The fraction of sp³-hybridized carbons (Fsp3) is 0.217. The van der Waals surface area contributed by atoms with Crippen LogP contribution in [0.15, 0.2) is 52.9 Å². The van der Waals surface area contributed by atoms with E-state index < -0.39 is 44.5 Å². The highest BCUT2D eigenvalue weighted by Crippen LogP contribution is 2.16. The maximum atomic E-state index is 11.9. The zero-order valence-corrected chi connectivity index (χ0v) is 21.3. The molecule has 2 atom stereocenters. The van der Waals surface area contributed by atoms with Crippen molar-refractivity contribution in [2.24, 2.45) is 10.1 Å². The predicted molar refractivity (Wildman–Crippen MR) is 135 cm³/mol. The van der Waals surface area contributed by atoms with Gasteiger partial charge in [0.15, 0.2) is 0 Å². The summed E-state index contributed by atoms with van der Waals surface area (Å²) in [5.41, 5.74) is 6.54. The number of benzene rings is 2. The Morgan fingerprint density at radius 3 is 1.68 bits per heavy atom. The molecule has 0 spiro atoms. The summed E-state index contributed by atoms with van der Waals surface area (Å²) in [7, 11) is -8.75. The lowest BCUT2D eigenvalue weighted by Gasteiger charge is -2.10. The number of carboxylic acids is 2. The molecule has 2 aromatic carbocycles. The number of carboxylic acid groups (broad SMARTS) is 2. The van der Waals surface area contributed by atoms with Gasteiger partial charge in [-0.2, -0.15) is 4.21 Å². The van der Waals surface area contributed by atoms with E-state index in [1.165, 1.54) is 38.1 Å². The van der Waals surface area contributed by atoms with E-state index in [1.807, 2.05) is 0 Å². The number of hydrogen-bond donors (Lipinski definition) is 4. The van der Waals surface area contributed by atoms with Crippen molar-refractivity contribution in [2.75, 3.05) is 0 Å². The van der Waals surface area contributed by atoms with Crippen LogP contribution in [0.4, 0.5) is 13.5 Å². The van der Waals surface area contributed by atoms with Crippen molar-refractivity contribution in [3.05, 3.63) is 65.2 Å². The molecule has 0 fully saturated rings. The average Bonchev–Trinajstić information content (AvgIpc) is 2.79. The number of terminal acetylenes is 2. The minimum Gasteiger partial charge on any atom is -0.480 e. The molecule has 0 unspecified atom stereocenters. The SMILES string of the molecule is C#Cc1ccc(CS(=O)(=O)N[C@@H](C)C(=O)O)cc1.C#Cc1ccc(N=S(=O)(F)F)cc1.C[C@H](N)C(=O)O. The topological polar surface area (TPSA) is 176 Å². The van der Waals surface area contributed by atoms with Gasteiger partial charge in [-0.05, 0) is 55.8 Å². The molecule has 0 amide bonds. The molecule has 0 bridgehead atoms. The summed E-state index contributed by atoms with van der Waals surface area (Å²) >= 11 is 0. The molecule has 37 heavy (non-hydrogen) atoms. The van der Waals surface area contributed by atoms with Crippen molar-refractivity contribution in [1.29, 1.82) is 0 Å². The first-order valence-electron chi connectivity index (χ1n) is 9.99. The Morgan fingerprint density at radius 2 is 1.35 bits per heavy atom. The van der Waals surface area contributed by atoms with E-state index in [0.29, 0.717) is 16.7 Å². The molecular formula is C23H25F2N3O7S2. The van der Waals surface area contributed by atoms with Gasteiger partial charge in [-0.15, -0.1) is 17.2 Å². The van der Waals surface area contributed by atoms with Crippen molar-refractivity contribution in [1.82, 2.24) is 4.72 Å². The Kier molecular flexibility index (Phi) is 13.7. The molecule has 5 N–H and O–H groups in total. The molecule has 0 radical (unpaired) electrons. The number of aliphatic carboxylic acids is 2. The Balaban J connectivity index is 0.000000594. The van der Waals surface area contributed by atoms with E-state index in [2.05, 4.69) is 20.9 Å². The molecule has 2 aromatic rings. The van der Waals surface area contributed by atoms with Crippen LogP contribution in [-0.2, 0) is 35.9 Å². The highest BCUT2D eigenvalue weighted by Gasteiger charge is 2.19. The van der Waals surface area contributed by atoms with Gasteiger partial charge in [0.05, 0.1) is 11.4 Å². The van der Waals surface area contributed by atoms with Gasteiger partial charge in [0, 0.05) is 11.1 Å². The Hall–Kier alpha value is -3.82. The summed E-state index contributed by atoms with van der Waals surface area (Å²) in [5, 5.41) is 16.5. The predicted octanol–water partition coefficient (Wildman–Crippen LogP) is 2.52. The second-order valence-corrected chi connectivity index (χ2v) is 9.81. The number of nitrogens with zero attached hydrogens (tertiary/aromatic N) is 1. The molecule has 2 rings (SSSR count). The van der Waals surface area contributed by atoms with Gasteiger partial charge < -0.3 is 15.9 Å². The molecule has 0 aliphatic heterocycles. The third kappa shape index (κ3) is 15.7.